The van der Waals surface area contributed by atoms with Crippen molar-refractivity contribution >= 4 is 31.9 Å². The lowest BCUT2D eigenvalue weighted by molar-refractivity contribution is 0.219. The van der Waals surface area contributed by atoms with Gasteiger partial charge in [-0.25, -0.2) is 4.39 Å². The van der Waals surface area contributed by atoms with Crippen LogP contribution >= 0.6 is 31.9 Å². The zero-order chi connectivity index (χ0) is 13.3. The Kier molecular flexibility index (Phi) is 4.20. The fourth-order valence-electron chi connectivity index (χ4n) is 1.70. The van der Waals surface area contributed by atoms with Crippen molar-refractivity contribution in [2.45, 2.75) is 13.0 Å². The SMILES string of the molecule is Cc1cc(Br)c(C(O)c2ccc(F)cc2)cc1Br. The van der Waals surface area contributed by atoms with E-state index in [-0.39, 0.29) is 5.82 Å². The predicted molar refractivity (Wildman–Crippen MR) is 77.0 cm³/mol. The molecule has 4 heteroatoms. The molecule has 18 heavy (non-hydrogen) atoms. The summed E-state index contributed by atoms with van der Waals surface area (Å²) in [4.78, 5) is 0. The summed E-state index contributed by atoms with van der Waals surface area (Å²) in [5.41, 5.74) is 2.49. The maximum Gasteiger partial charge on any atom is 0.123 e. The number of benzene rings is 2. The third-order valence-electron chi connectivity index (χ3n) is 2.76. The van der Waals surface area contributed by atoms with Gasteiger partial charge >= 0.3 is 0 Å². The lowest BCUT2D eigenvalue weighted by Gasteiger charge is -2.15. The Balaban J connectivity index is 2.42. The molecule has 1 atom stereocenters. The van der Waals surface area contributed by atoms with Gasteiger partial charge in [-0.15, -0.1) is 0 Å². The lowest BCUT2D eigenvalue weighted by atomic mass is 10.0. The van der Waals surface area contributed by atoms with Crippen molar-refractivity contribution in [3.8, 4) is 0 Å². The number of halogens is 3. The molecule has 2 aromatic carbocycles. The molecule has 0 heterocycles. The summed E-state index contributed by atoms with van der Waals surface area (Å²) in [5.74, 6) is -0.310. The van der Waals surface area contributed by atoms with Gasteiger partial charge in [0.2, 0.25) is 0 Å². The second-order valence-electron chi connectivity index (χ2n) is 4.08. The quantitative estimate of drug-likeness (QED) is 0.805. The van der Waals surface area contributed by atoms with Crippen LogP contribution in [0.2, 0.25) is 0 Å². The van der Waals surface area contributed by atoms with Gasteiger partial charge in [0, 0.05) is 14.5 Å². The Bertz CT molecular complexity index is 567. The molecule has 94 valence electrons. The number of aliphatic hydroxyl groups excluding tert-OH is 1. The van der Waals surface area contributed by atoms with Crippen LogP contribution in [0.1, 0.15) is 22.8 Å². The van der Waals surface area contributed by atoms with Gasteiger partial charge in [0.05, 0.1) is 0 Å². The maximum absolute atomic E-state index is 12.9. The van der Waals surface area contributed by atoms with E-state index in [2.05, 4.69) is 31.9 Å². The molecule has 1 N–H and O–H groups in total. The van der Waals surface area contributed by atoms with Gasteiger partial charge < -0.3 is 5.11 Å². The summed E-state index contributed by atoms with van der Waals surface area (Å²) < 4.78 is 14.6. The summed E-state index contributed by atoms with van der Waals surface area (Å²) in [5, 5.41) is 10.3. The fraction of sp³-hybridized carbons (Fsp3) is 0.143. The van der Waals surface area contributed by atoms with Crippen molar-refractivity contribution in [3.05, 3.63) is 67.9 Å². The summed E-state index contributed by atoms with van der Waals surface area (Å²) in [6, 6.07) is 9.66. The van der Waals surface area contributed by atoms with Crippen LogP contribution in [0, 0.1) is 12.7 Å². The van der Waals surface area contributed by atoms with Crippen molar-refractivity contribution < 1.29 is 9.50 Å². The zero-order valence-electron chi connectivity index (χ0n) is 9.62. The van der Waals surface area contributed by atoms with Gasteiger partial charge in [0.1, 0.15) is 11.9 Å². The lowest BCUT2D eigenvalue weighted by Crippen LogP contribution is -2.01. The highest BCUT2D eigenvalue weighted by Gasteiger charge is 2.15. The first-order valence-corrected chi connectivity index (χ1v) is 6.96. The molecule has 1 nitrogen and oxygen atoms in total. The highest BCUT2D eigenvalue weighted by molar-refractivity contribution is 9.11. The zero-order valence-corrected chi connectivity index (χ0v) is 12.8. The Morgan fingerprint density at radius 1 is 1.06 bits per heavy atom. The Morgan fingerprint density at radius 2 is 1.67 bits per heavy atom. The summed E-state index contributed by atoms with van der Waals surface area (Å²) in [7, 11) is 0. The molecule has 0 aliphatic heterocycles. The standard InChI is InChI=1S/C14H11Br2FO/c1-8-6-13(16)11(7-12(8)15)14(18)9-2-4-10(17)5-3-9/h2-7,14,18H,1H3. The van der Waals surface area contributed by atoms with Crippen LogP contribution in [0.25, 0.3) is 0 Å². The van der Waals surface area contributed by atoms with Crippen molar-refractivity contribution in [1.29, 1.82) is 0 Å². The highest BCUT2D eigenvalue weighted by atomic mass is 79.9. The summed E-state index contributed by atoms with van der Waals surface area (Å²) in [6.07, 6.45) is -0.781. The molecule has 0 bridgehead atoms. The number of aryl methyl sites for hydroxylation is 1. The van der Waals surface area contributed by atoms with Crippen LogP contribution in [0.15, 0.2) is 45.3 Å². The molecule has 0 aromatic heterocycles. The fourth-order valence-corrected chi connectivity index (χ4v) is 2.73. The third-order valence-corrected chi connectivity index (χ3v) is 4.30. The number of aliphatic hydroxyl groups is 1. The van der Waals surface area contributed by atoms with Gasteiger partial charge in [0.25, 0.3) is 0 Å². The van der Waals surface area contributed by atoms with E-state index in [0.29, 0.717) is 5.56 Å². The minimum atomic E-state index is -0.781. The molecule has 0 aliphatic rings. The topological polar surface area (TPSA) is 20.2 Å². The first kappa shape index (κ1) is 13.7. The average molecular weight is 374 g/mol. The Hall–Kier alpha value is -0.710. The van der Waals surface area contributed by atoms with Crippen LogP contribution in [0.5, 0.6) is 0 Å². The van der Waals surface area contributed by atoms with Crippen LogP contribution in [-0.2, 0) is 0 Å². The Labute approximate surface area is 122 Å². The molecular formula is C14H11Br2FO. The molecule has 0 aliphatic carbocycles. The molecule has 2 aromatic rings. The molecule has 0 fully saturated rings. The van der Waals surface area contributed by atoms with Crippen LogP contribution in [0.4, 0.5) is 4.39 Å². The largest absolute Gasteiger partial charge is 0.384 e. The average Bonchev–Trinajstić information content (AvgIpc) is 2.34. The van der Waals surface area contributed by atoms with E-state index < -0.39 is 6.10 Å². The Morgan fingerprint density at radius 3 is 2.28 bits per heavy atom. The molecule has 1 unspecified atom stereocenters. The summed E-state index contributed by atoms with van der Waals surface area (Å²) in [6.45, 7) is 1.98. The third kappa shape index (κ3) is 2.82. The second-order valence-corrected chi connectivity index (χ2v) is 5.79. The highest BCUT2D eigenvalue weighted by Crippen LogP contribution is 2.32. The second kappa shape index (κ2) is 5.51. The van der Waals surface area contributed by atoms with Gasteiger partial charge in [-0.3, -0.25) is 0 Å². The molecule has 0 saturated heterocycles. The number of hydrogen-bond acceptors (Lipinski definition) is 1. The van der Waals surface area contributed by atoms with Gasteiger partial charge in [-0.2, -0.15) is 0 Å². The van der Waals surface area contributed by atoms with Crippen molar-refractivity contribution in [2.75, 3.05) is 0 Å². The van der Waals surface area contributed by atoms with Crippen LogP contribution in [-0.4, -0.2) is 5.11 Å². The molecule has 0 amide bonds. The molecule has 2 rings (SSSR count). The van der Waals surface area contributed by atoms with Gasteiger partial charge in [-0.1, -0.05) is 44.0 Å². The van der Waals surface area contributed by atoms with Gasteiger partial charge in [0.15, 0.2) is 0 Å². The minimum Gasteiger partial charge on any atom is -0.384 e. The maximum atomic E-state index is 12.9. The molecular weight excluding hydrogens is 363 g/mol. The molecule has 0 saturated carbocycles. The van der Waals surface area contributed by atoms with E-state index in [1.807, 2.05) is 19.1 Å². The number of hydrogen-bond donors (Lipinski definition) is 1. The predicted octanol–water partition coefficient (Wildman–Crippen LogP) is 4.74. The normalized spacial score (nSPS) is 12.5. The van der Waals surface area contributed by atoms with Gasteiger partial charge in [-0.05, 0) is 42.3 Å². The van der Waals surface area contributed by atoms with E-state index in [4.69, 9.17) is 0 Å². The van der Waals surface area contributed by atoms with E-state index in [0.717, 1.165) is 20.1 Å². The van der Waals surface area contributed by atoms with Crippen molar-refractivity contribution in [1.82, 2.24) is 0 Å². The van der Waals surface area contributed by atoms with Crippen LogP contribution in [0.3, 0.4) is 0 Å². The van der Waals surface area contributed by atoms with E-state index in [9.17, 15) is 9.50 Å². The van der Waals surface area contributed by atoms with E-state index >= 15 is 0 Å². The first-order chi connectivity index (χ1) is 8.49. The smallest absolute Gasteiger partial charge is 0.123 e. The molecule has 0 radical (unpaired) electrons. The van der Waals surface area contributed by atoms with Crippen molar-refractivity contribution in [2.24, 2.45) is 0 Å². The van der Waals surface area contributed by atoms with Crippen molar-refractivity contribution in [3.63, 3.8) is 0 Å². The first-order valence-electron chi connectivity index (χ1n) is 5.38. The minimum absolute atomic E-state index is 0.310. The number of rotatable bonds is 2. The van der Waals surface area contributed by atoms with E-state index in [1.54, 1.807) is 12.1 Å². The summed E-state index contributed by atoms with van der Waals surface area (Å²) >= 11 is 6.88. The monoisotopic (exact) mass is 372 g/mol. The van der Waals surface area contributed by atoms with Crippen LogP contribution < -0.4 is 0 Å². The van der Waals surface area contributed by atoms with E-state index in [1.165, 1.54) is 12.1 Å². The molecule has 0 spiro atoms.